The lowest BCUT2D eigenvalue weighted by molar-refractivity contribution is -0.383. The van der Waals surface area contributed by atoms with Crippen LogP contribution in [0.1, 0.15) is 18.9 Å². The average Bonchev–Trinajstić information content (AvgIpc) is 2.39. The summed E-state index contributed by atoms with van der Waals surface area (Å²) >= 11 is 0. The van der Waals surface area contributed by atoms with Gasteiger partial charge in [-0.05, 0) is 12.0 Å². The number of nitro groups is 1. The predicted octanol–water partition coefficient (Wildman–Crippen LogP) is 2.59. The normalized spacial score (nSPS) is 10.4. The van der Waals surface area contributed by atoms with E-state index in [2.05, 4.69) is 16.9 Å². The van der Waals surface area contributed by atoms with Gasteiger partial charge in [-0.1, -0.05) is 37.6 Å². The molecule has 0 saturated carbocycles. The molecule has 0 saturated heterocycles. The van der Waals surface area contributed by atoms with Gasteiger partial charge in [-0.3, -0.25) is 10.1 Å². The monoisotopic (exact) mass is 258 g/mol. The summed E-state index contributed by atoms with van der Waals surface area (Å²) < 4.78 is 0. The third kappa shape index (κ3) is 2.67. The molecule has 19 heavy (non-hydrogen) atoms. The van der Waals surface area contributed by atoms with Crippen molar-refractivity contribution in [3.63, 3.8) is 0 Å². The molecule has 1 aromatic carbocycles. The maximum Gasteiger partial charge on any atom is 0.337 e. The Morgan fingerprint density at radius 1 is 1.26 bits per heavy atom. The number of nitrogen functional groups attached to an aromatic ring is 1. The number of aryl methyl sites for hydroxylation is 1. The summed E-state index contributed by atoms with van der Waals surface area (Å²) in [6.07, 6.45) is 3.27. The maximum atomic E-state index is 11.0. The van der Waals surface area contributed by atoms with E-state index in [9.17, 15) is 10.1 Å². The van der Waals surface area contributed by atoms with E-state index in [1.54, 1.807) is 0 Å². The van der Waals surface area contributed by atoms with Crippen LogP contribution in [0.3, 0.4) is 0 Å². The van der Waals surface area contributed by atoms with Crippen LogP contribution >= 0.6 is 0 Å². The lowest BCUT2D eigenvalue weighted by Gasteiger charge is -2.05. The van der Waals surface area contributed by atoms with E-state index in [0.29, 0.717) is 5.56 Å². The van der Waals surface area contributed by atoms with E-state index in [4.69, 9.17) is 5.73 Å². The third-order valence-corrected chi connectivity index (χ3v) is 2.80. The van der Waals surface area contributed by atoms with Crippen LogP contribution < -0.4 is 5.73 Å². The Labute approximate surface area is 110 Å². The Bertz CT molecular complexity index is 596. The molecule has 0 aliphatic heterocycles. The summed E-state index contributed by atoms with van der Waals surface area (Å²) in [5, 5.41) is 11.0. The molecule has 6 nitrogen and oxygen atoms in total. The van der Waals surface area contributed by atoms with E-state index in [1.807, 2.05) is 24.3 Å². The first-order valence-corrected chi connectivity index (χ1v) is 5.97. The first kappa shape index (κ1) is 12.9. The van der Waals surface area contributed by atoms with Crippen molar-refractivity contribution >= 4 is 11.5 Å². The van der Waals surface area contributed by atoms with Gasteiger partial charge in [0.25, 0.3) is 0 Å². The zero-order valence-electron chi connectivity index (χ0n) is 10.5. The first-order valence-electron chi connectivity index (χ1n) is 5.97. The highest BCUT2D eigenvalue weighted by Crippen LogP contribution is 2.31. The van der Waals surface area contributed by atoms with Crippen molar-refractivity contribution in [1.82, 2.24) is 9.97 Å². The summed E-state index contributed by atoms with van der Waals surface area (Å²) in [5.41, 5.74) is 7.41. The SMILES string of the molecule is CCCc1ccc(-c2ncnc(N)c2[N+](=O)[O-])cc1. The summed E-state index contributed by atoms with van der Waals surface area (Å²) in [6, 6.07) is 7.53. The molecule has 98 valence electrons. The van der Waals surface area contributed by atoms with Gasteiger partial charge in [-0.15, -0.1) is 0 Å². The van der Waals surface area contributed by atoms with Gasteiger partial charge < -0.3 is 5.73 Å². The third-order valence-electron chi connectivity index (χ3n) is 2.80. The topological polar surface area (TPSA) is 94.9 Å². The number of hydrogen-bond acceptors (Lipinski definition) is 5. The number of benzene rings is 1. The second kappa shape index (κ2) is 5.43. The van der Waals surface area contributed by atoms with Crippen LogP contribution in [-0.2, 0) is 6.42 Å². The van der Waals surface area contributed by atoms with Crippen molar-refractivity contribution in [2.24, 2.45) is 0 Å². The van der Waals surface area contributed by atoms with Gasteiger partial charge in [0, 0.05) is 5.56 Å². The quantitative estimate of drug-likeness (QED) is 0.671. The fourth-order valence-corrected chi connectivity index (χ4v) is 1.90. The number of rotatable bonds is 4. The summed E-state index contributed by atoms with van der Waals surface area (Å²) in [4.78, 5) is 18.1. The molecule has 2 rings (SSSR count). The largest absolute Gasteiger partial charge is 0.378 e. The molecule has 1 aromatic heterocycles. The molecule has 0 amide bonds. The van der Waals surface area contributed by atoms with E-state index < -0.39 is 4.92 Å². The summed E-state index contributed by atoms with van der Waals surface area (Å²) in [6.45, 7) is 2.10. The van der Waals surface area contributed by atoms with Crippen molar-refractivity contribution in [3.05, 3.63) is 46.3 Å². The lowest BCUT2D eigenvalue weighted by atomic mass is 10.1. The molecule has 0 atom stereocenters. The van der Waals surface area contributed by atoms with Crippen molar-refractivity contribution in [3.8, 4) is 11.3 Å². The minimum atomic E-state index is -0.551. The molecule has 0 spiro atoms. The molecule has 1 heterocycles. The Morgan fingerprint density at radius 2 is 1.95 bits per heavy atom. The molecule has 0 unspecified atom stereocenters. The zero-order chi connectivity index (χ0) is 13.8. The first-order chi connectivity index (χ1) is 9.13. The fraction of sp³-hybridized carbons (Fsp3) is 0.231. The van der Waals surface area contributed by atoms with Crippen LogP contribution in [0.25, 0.3) is 11.3 Å². The van der Waals surface area contributed by atoms with Crippen molar-refractivity contribution in [2.45, 2.75) is 19.8 Å². The lowest BCUT2D eigenvalue weighted by Crippen LogP contribution is -2.02. The Hall–Kier alpha value is -2.50. The number of nitrogens with zero attached hydrogens (tertiary/aromatic N) is 3. The zero-order valence-corrected chi connectivity index (χ0v) is 10.5. The molecule has 0 radical (unpaired) electrons. The van der Waals surface area contributed by atoms with Gasteiger partial charge in [0.1, 0.15) is 6.33 Å². The minimum absolute atomic E-state index is 0.118. The second-order valence-corrected chi connectivity index (χ2v) is 4.16. The number of anilines is 1. The number of hydrogen-bond donors (Lipinski definition) is 1. The van der Waals surface area contributed by atoms with Gasteiger partial charge in [-0.25, -0.2) is 9.97 Å². The van der Waals surface area contributed by atoms with Crippen LogP contribution in [0.5, 0.6) is 0 Å². The van der Waals surface area contributed by atoms with Crippen LogP contribution in [-0.4, -0.2) is 14.9 Å². The Kier molecular flexibility index (Phi) is 3.70. The van der Waals surface area contributed by atoms with Gasteiger partial charge in [0.05, 0.1) is 4.92 Å². The molecule has 2 N–H and O–H groups in total. The van der Waals surface area contributed by atoms with Crippen molar-refractivity contribution in [1.29, 1.82) is 0 Å². The predicted molar refractivity (Wildman–Crippen MR) is 72.5 cm³/mol. The Morgan fingerprint density at radius 3 is 2.53 bits per heavy atom. The van der Waals surface area contributed by atoms with Crippen LogP contribution in [0.15, 0.2) is 30.6 Å². The molecule has 6 heteroatoms. The molecular formula is C13H14N4O2. The minimum Gasteiger partial charge on any atom is -0.378 e. The fourth-order valence-electron chi connectivity index (χ4n) is 1.90. The highest BCUT2D eigenvalue weighted by molar-refractivity contribution is 5.75. The molecule has 0 bridgehead atoms. The van der Waals surface area contributed by atoms with E-state index in [-0.39, 0.29) is 17.2 Å². The van der Waals surface area contributed by atoms with Gasteiger partial charge in [0.2, 0.25) is 5.82 Å². The van der Waals surface area contributed by atoms with Gasteiger partial charge >= 0.3 is 5.69 Å². The van der Waals surface area contributed by atoms with Crippen LogP contribution in [0, 0.1) is 10.1 Å². The van der Waals surface area contributed by atoms with Crippen LogP contribution in [0.4, 0.5) is 11.5 Å². The van der Waals surface area contributed by atoms with E-state index in [0.717, 1.165) is 12.8 Å². The standard InChI is InChI=1S/C13H14N4O2/c1-2-3-9-4-6-10(7-5-9)11-12(17(18)19)13(14)16-8-15-11/h4-8H,2-3H2,1H3,(H2,14,15,16). The average molecular weight is 258 g/mol. The highest BCUT2D eigenvalue weighted by atomic mass is 16.6. The van der Waals surface area contributed by atoms with Crippen molar-refractivity contribution < 1.29 is 4.92 Å². The molecular weight excluding hydrogens is 244 g/mol. The summed E-state index contributed by atoms with van der Waals surface area (Å²) in [7, 11) is 0. The van der Waals surface area contributed by atoms with E-state index >= 15 is 0 Å². The Balaban J connectivity index is 2.47. The smallest absolute Gasteiger partial charge is 0.337 e. The molecule has 0 aliphatic rings. The van der Waals surface area contributed by atoms with Crippen LogP contribution in [0.2, 0.25) is 0 Å². The van der Waals surface area contributed by atoms with Gasteiger partial charge in [0.15, 0.2) is 5.69 Å². The highest BCUT2D eigenvalue weighted by Gasteiger charge is 2.21. The number of aromatic nitrogens is 2. The molecule has 0 fully saturated rings. The second-order valence-electron chi connectivity index (χ2n) is 4.16. The number of nitrogens with two attached hydrogens (primary N) is 1. The van der Waals surface area contributed by atoms with Crippen molar-refractivity contribution in [2.75, 3.05) is 5.73 Å². The molecule has 2 aromatic rings. The van der Waals surface area contributed by atoms with Gasteiger partial charge in [-0.2, -0.15) is 0 Å². The molecule has 0 aliphatic carbocycles. The van der Waals surface area contributed by atoms with E-state index in [1.165, 1.54) is 11.9 Å². The maximum absolute atomic E-state index is 11.0. The summed E-state index contributed by atoms with van der Waals surface area (Å²) in [5.74, 6) is -0.118.